The van der Waals surface area contributed by atoms with Gasteiger partial charge in [-0.3, -0.25) is 4.79 Å². The summed E-state index contributed by atoms with van der Waals surface area (Å²) in [5.74, 6) is -0.394. The zero-order valence-electron chi connectivity index (χ0n) is 12.2. The minimum Gasteiger partial charge on any atom is -0.481 e. The first-order valence-corrected chi connectivity index (χ1v) is 7.32. The highest BCUT2D eigenvalue weighted by Gasteiger charge is 2.42. The van der Waals surface area contributed by atoms with Gasteiger partial charge in [0, 0.05) is 13.1 Å². The predicted octanol–water partition coefficient (Wildman–Crippen LogP) is 2.00. The van der Waals surface area contributed by atoms with Gasteiger partial charge in [-0.1, -0.05) is 13.3 Å². The molecule has 1 aromatic heterocycles. The molecule has 1 unspecified atom stereocenters. The number of aliphatic carboxylic acids is 1. The second-order valence-electron chi connectivity index (χ2n) is 5.25. The highest BCUT2D eigenvalue weighted by atomic mass is 35.5. The maximum atomic E-state index is 11.7. The van der Waals surface area contributed by atoms with E-state index in [1.54, 1.807) is 0 Å². The number of ether oxygens (including phenoxy) is 1. The second kappa shape index (κ2) is 6.43. The predicted molar refractivity (Wildman–Crippen MR) is 77.8 cm³/mol. The highest BCUT2D eigenvalue weighted by molar-refractivity contribution is 6.28. The van der Waals surface area contributed by atoms with Crippen molar-refractivity contribution < 1.29 is 14.6 Å². The molecule has 0 bridgehead atoms. The molecule has 0 aliphatic carbocycles. The van der Waals surface area contributed by atoms with E-state index in [4.69, 9.17) is 16.3 Å². The molecule has 7 nitrogen and oxygen atoms in total. The van der Waals surface area contributed by atoms with Crippen molar-refractivity contribution in [1.29, 1.82) is 0 Å². The molecule has 0 aromatic carbocycles. The van der Waals surface area contributed by atoms with Crippen molar-refractivity contribution in [3.05, 3.63) is 5.28 Å². The first-order valence-electron chi connectivity index (χ1n) is 6.94. The zero-order valence-corrected chi connectivity index (χ0v) is 12.9. The monoisotopic (exact) mass is 314 g/mol. The molecular weight excluding hydrogens is 296 g/mol. The van der Waals surface area contributed by atoms with Crippen molar-refractivity contribution in [2.45, 2.75) is 32.6 Å². The number of aromatic nitrogens is 3. The number of anilines is 1. The van der Waals surface area contributed by atoms with E-state index in [0.29, 0.717) is 31.9 Å². The summed E-state index contributed by atoms with van der Waals surface area (Å²) in [4.78, 5) is 25.6. The van der Waals surface area contributed by atoms with Crippen molar-refractivity contribution in [2.75, 3.05) is 25.1 Å². The van der Waals surface area contributed by atoms with Crippen LogP contribution < -0.4 is 9.64 Å². The summed E-state index contributed by atoms with van der Waals surface area (Å²) in [5.41, 5.74) is -0.751. The molecule has 2 rings (SSSR count). The van der Waals surface area contributed by atoms with Crippen molar-refractivity contribution in [1.82, 2.24) is 15.0 Å². The molecule has 116 valence electrons. The van der Waals surface area contributed by atoms with Crippen molar-refractivity contribution in [3.63, 3.8) is 0 Å². The van der Waals surface area contributed by atoms with Crippen molar-refractivity contribution >= 4 is 23.5 Å². The van der Waals surface area contributed by atoms with Gasteiger partial charge >= 0.3 is 12.0 Å². The molecule has 0 amide bonds. The Labute approximate surface area is 128 Å². The summed E-state index contributed by atoms with van der Waals surface area (Å²) in [6.45, 7) is 3.06. The Morgan fingerprint density at radius 2 is 2.24 bits per heavy atom. The summed E-state index contributed by atoms with van der Waals surface area (Å²) in [5, 5.41) is 9.65. The van der Waals surface area contributed by atoms with Crippen molar-refractivity contribution in [3.8, 4) is 6.01 Å². The molecule has 1 aliphatic heterocycles. The van der Waals surface area contributed by atoms with Gasteiger partial charge in [0.25, 0.3) is 0 Å². The largest absolute Gasteiger partial charge is 0.481 e. The van der Waals surface area contributed by atoms with E-state index < -0.39 is 11.4 Å². The molecule has 0 saturated carbocycles. The van der Waals surface area contributed by atoms with E-state index >= 15 is 0 Å². The molecule has 2 heterocycles. The minimum atomic E-state index is -0.763. The number of hydrogen-bond donors (Lipinski definition) is 1. The topological polar surface area (TPSA) is 88.4 Å². The molecule has 1 aromatic rings. The Morgan fingerprint density at radius 1 is 1.48 bits per heavy atom. The Morgan fingerprint density at radius 3 is 2.86 bits per heavy atom. The lowest BCUT2D eigenvalue weighted by atomic mass is 9.76. The van der Waals surface area contributed by atoms with Gasteiger partial charge in [0.05, 0.1) is 12.5 Å². The Kier molecular flexibility index (Phi) is 4.82. The van der Waals surface area contributed by atoms with E-state index in [2.05, 4.69) is 15.0 Å². The average molecular weight is 315 g/mol. The lowest BCUT2D eigenvalue weighted by Crippen LogP contribution is -2.48. The number of hydrogen-bond acceptors (Lipinski definition) is 6. The van der Waals surface area contributed by atoms with Crippen molar-refractivity contribution in [2.24, 2.45) is 5.41 Å². The summed E-state index contributed by atoms with van der Waals surface area (Å²) in [7, 11) is 1.45. The van der Waals surface area contributed by atoms with Crippen LogP contribution in [0.1, 0.15) is 32.6 Å². The molecule has 1 fully saturated rings. The van der Waals surface area contributed by atoms with Crippen LogP contribution in [0.4, 0.5) is 5.95 Å². The number of rotatable bonds is 5. The van der Waals surface area contributed by atoms with Gasteiger partial charge in [-0.2, -0.15) is 15.0 Å². The molecule has 1 atom stereocenters. The van der Waals surface area contributed by atoms with Gasteiger partial charge in [-0.15, -0.1) is 0 Å². The number of piperidine rings is 1. The maximum Gasteiger partial charge on any atom is 0.322 e. The van der Waals surface area contributed by atoms with E-state index in [1.807, 2.05) is 11.8 Å². The lowest BCUT2D eigenvalue weighted by molar-refractivity contribution is -0.150. The number of methoxy groups -OCH3 is 1. The van der Waals surface area contributed by atoms with Crippen LogP contribution in [0, 0.1) is 5.41 Å². The number of carboxylic acids is 1. The fraction of sp³-hybridized carbons (Fsp3) is 0.692. The van der Waals surface area contributed by atoms with Gasteiger partial charge in [-0.25, -0.2) is 0 Å². The van der Waals surface area contributed by atoms with Crippen LogP contribution in [0.25, 0.3) is 0 Å². The van der Waals surface area contributed by atoms with E-state index in [0.717, 1.165) is 12.8 Å². The molecule has 8 heteroatoms. The first kappa shape index (κ1) is 15.8. The minimum absolute atomic E-state index is 0.0406. The van der Waals surface area contributed by atoms with Crippen LogP contribution in [0.3, 0.4) is 0 Å². The molecule has 1 N–H and O–H groups in total. The van der Waals surface area contributed by atoms with Gasteiger partial charge in [0.2, 0.25) is 11.2 Å². The normalized spacial score (nSPS) is 22.1. The quantitative estimate of drug-likeness (QED) is 0.889. The standard InChI is InChI=1S/C13H19ClN4O3/c1-3-5-13(9(19)20)6-4-7-18(8-13)11-15-10(14)16-12(17-11)21-2/h3-8H2,1-2H3,(H,19,20). The second-order valence-corrected chi connectivity index (χ2v) is 5.59. The number of halogens is 1. The van der Waals surface area contributed by atoms with Crippen LogP contribution in [-0.2, 0) is 4.79 Å². The molecule has 21 heavy (non-hydrogen) atoms. The smallest absolute Gasteiger partial charge is 0.322 e. The summed E-state index contributed by atoms with van der Waals surface area (Å²) in [6.07, 6.45) is 2.90. The van der Waals surface area contributed by atoms with Gasteiger partial charge < -0.3 is 14.7 Å². The van der Waals surface area contributed by atoms with Crippen LogP contribution >= 0.6 is 11.6 Å². The SMILES string of the molecule is CCCC1(C(=O)O)CCCN(c2nc(Cl)nc(OC)n2)C1. The number of carbonyl (C=O) groups is 1. The molecule has 1 saturated heterocycles. The van der Waals surface area contributed by atoms with Gasteiger partial charge in [0.15, 0.2) is 0 Å². The van der Waals surface area contributed by atoms with Crippen LogP contribution in [0.15, 0.2) is 0 Å². The third-order valence-electron chi connectivity index (χ3n) is 3.80. The lowest BCUT2D eigenvalue weighted by Gasteiger charge is -2.39. The molecule has 1 aliphatic rings. The molecule has 0 spiro atoms. The Hall–Kier alpha value is -1.63. The zero-order chi connectivity index (χ0) is 15.5. The third kappa shape index (κ3) is 3.34. The van der Waals surface area contributed by atoms with E-state index in [9.17, 15) is 9.90 Å². The van der Waals surface area contributed by atoms with Crippen LogP contribution in [-0.4, -0.2) is 46.2 Å². The van der Waals surface area contributed by atoms with Gasteiger partial charge in [0.1, 0.15) is 0 Å². The first-order chi connectivity index (χ1) is 10.0. The summed E-state index contributed by atoms with van der Waals surface area (Å²) in [6, 6.07) is 0.131. The van der Waals surface area contributed by atoms with E-state index in [-0.39, 0.29) is 11.3 Å². The summed E-state index contributed by atoms with van der Waals surface area (Å²) >= 11 is 5.86. The highest BCUT2D eigenvalue weighted by Crippen LogP contribution is 2.36. The number of carboxylic acid groups (broad SMARTS) is 1. The molecule has 0 radical (unpaired) electrons. The van der Waals surface area contributed by atoms with Crippen LogP contribution in [0.5, 0.6) is 6.01 Å². The fourth-order valence-electron chi connectivity index (χ4n) is 2.82. The van der Waals surface area contributed by atoms with Crippen LogP contribution in [0.2, 0.25) is 5.28 Å². The fourth-order valence-corrected chi connectivity index (χ4v) is 2.97. The number of nitrogens with zero attached hydrogens (tertiary/aromatic N) is 4. The maximum absolute atomic E-state index is 11.7. The third-order valence-corrected chi connectivity index (χ3v) is 3.97. The van der Waals surface area contributed by atoms with E-state index in [1.165, 1.54) is 7.11 Å². The summed E-state index contributed by atoms with van der Waals surface area (Å²) < 4.78 is 4.98. The molecular formula is C13H19ClN4O3. The van der Waals surface area contributed by atoms with Gasteiger partial charge in [-0.05, 0) is 30.9 Å². The average Bonchev–Trinajstić information content (AvgIpc) is 2.47. The Bertz CT molecular complexity index is 524. The Balaban J connectivity index is 2.28.